The van der Waals surface area contributed by atoms with Gasteiger partial charge in [-0.25, -0.2) is 4.79 Å². The zero-order valence-electron chi connectivity index (χ0n) is 18.5. The molecule has 33 heavy (non-hydrogen) atoms. The summed E-state index contributed by atoms with van der Waals surface area (Å²) in [5, 5.41) is 0. The van der Waals surface area contributed by atoms with E-state index >= 15 is 0 Å². The number of piperidine rings is 1. The molecule has 0 saturated carbocycles. The van der Waals surface area contributed by atoms with Gasteiger partial charge in [0.1, 0.15) is 12.4 Å². The Balaban J connectivity index is 1.20. The molecule has 1 fully saturated rings. The fourth-order valence-corrected chi connectivity index (χ4v) is 4.82. The molecule has 0 aromatic heterocycles. The van der Waals surface area contributed by atoms with Crippen molar-refractivity contribution in [3.63, 3.8) is 0 Å². The Hall–Kier alpha value is -3.60. The van der Waals surface area contributed by atoms with Crippen LogP contribution in [0.25, 0.3) is 0 Å². The summed E-state index contributed by atoms with van der Waals surface area (Å²) in [6.07, 6.45) is 2.62. The quantitative estimate of drug-likeness (QED) is 0.511. The highest BCUT2D eigenvalue weighted by molar-refractivity contribution is 5.95. The Labute approximate surface area is 193 Å². The lowest BCUT2D eigenvalue weighted by atomic mass is 9.85. The van der Waals surface area contributed by atoms with Crippen LogP contribution in [0.5, 0.6) is 5.75 Å². The predicted molar refractivity (Wildman–Crippen MR) is 125 cm³/mol. The number of carbonyl (C=O) groups excluding carboxylic acids is 2. The number of esters is 1. The highest BCUT2D eigenvalue weighted by Gasteiger charge is 2.48. The number of likely N-dealkylation sites (tertiary alicyclic amines) is 1. The van der Waals surface area contributed by atoms with E-state index in [9.17, 15) is 9.59 Å². The van der Waals surface area contributed by atoms with Gasteiger partial charge in [0.25, 0.3) is 0 Å². The van der Waals surface area contributed by atoms with Crippen LogP contribution in [0.3, 0.4) is 0 Å². The van der Waals surface area contributed by atoms with E-state index in [4.69, 9.17) is 9.47 Å². The van der Waals surface area contributed by atoms with Crippen molar-refractivity contribution in [1.29, 1.82) is 0 Å². The highest BCUT2D eigenvalue weighted by atomic mass is 16.6. The van der Waals surface area contributed by atoms with Crippen LogP contribution < -0.4 is 4.74 Å². The molecule has 1 atom stereocenters. The van der Waals surface area contributed by atoms with Crippen molar-refractivity contribution in [2.24, 2.45) is 0 Å². The van der Waals surface area contributed by atoms with Gasteiger partial charge in [0.15, 0.2) is 5.60 Å². The summed E-state index contributed by atoms with van der Waals surface area (Å²) in [7, 11) is 0. The van der Waals surface area contributed by atoms with Gasteiger partial charge in [-0.15, -0.1) is 0 Å². The molecule has 3 aromatic carbocycles. The van der Waals surface area contributed by atoms with Gasteiger partial charge in [0, 0.05) is 18.5 Å². The number of hydrogen-bond acceptors (Lipinski definition) is 4. The maximum Gasteiger partial charge on any atom is 0.339 e. The Morgan fingerprint density at radius 1 is 0.970 bits per heavy atom. The molecule has 0 N–H and O–H groups in total. The van der Waals surface area contributed by atoms with Gasteiger partial charge in [-0.05, 0) is 48.6 Å². The van der Waals surface area contributed by atoms with Crippen molar-refractivity contribution in [1.82, 2.24) is 4.90 Å². The van der Waals surface area contributed by atoms with Crippen molar-refractivity contribution < 1.29 is 19.1 Å². The third-order valence-electron chi connectivity index (χ3n) is 6.51. The Kier molecular flexibility index (Phi) is 5.86. The molecule has 2 heterocycles. The lowest BCUT2D eigenvalue weighted by Gasteiger charge is -2.39. The number of rotatable bonds is 6. The second-order valence-electron chi connectivity index (χ2n) is 8.77. The number of carbonyl (C=O) groups is 2. The molecule has 3 aromatic rings. The van der Waals surface area contributed by atoms with Crippen molar-refractivity contribution in [2.75, 3.05) is 13.1 Å². The number of nitrogens with zero attached hydrogens (tertiary/aromatic N) is 1. The van der Waals surface area contributed by atoms with Gasteiger partial charge >= 0.3 is 5.97 Å². The topological polar surface area (TPSA) is 55.8 Å². The first kappa shape index (κ1) is 21.3. The lowest BCUT2D eigenvalue weighted by molar-refractivity contribution is -0.138. The minimum atomic E-state index is -0.702. The standard InChI is InChI=1S/C28H27NO4/c30-26(15-14-21-10-6-11-23(18-21)32-19-22-8-2-1-3-9-22)29-17-7-16-28(20-29)25-13-5-4-12-24(25)27(31)33-28/h1-6,8-13,18H,7,14-17,19-20H2. The molecular weight excluding hydrogens is 414 g/mol. The van der Waals surface area contributed by atoms with Crippen molar-refractivity contribution in [2.45, 2.75) is 37.9 Å². The van der Waals surface area contributed by atoms with Crippen LogP contribution in [-0.2, 0) is 28.2 Å². The molecule has 0 radical (unpaired) electrons. The molecule has 1 saturated heterocycles. The van der Waals surface area contributed by atoms with Gasteiger partial charge in [-0.1, -0.05) is 60.7 Å². The van der Waals surface area contributed by atoms with Gasteiger partial charge < -0.3 is 14.4 Å². The van der Waals surface area contributed by atoms with Gasteiger partial charge in [0.2, 0.25) is 5.91 Å². The van der Waals surface area contributed by atoms with E-state index in [1.807, 2.05) is 77.7 Å². The Morgan fingerprint density at radius 2 is 1.76 bits per heavy atom. The molecule has 5 heteroatoms. The first-order chi connectivity index (χ1) is 16.1. The molecular formula is C28H27NO4. The number of aryl methyl sites for hydroxylation is 1. The summed E-state index contributed by atoms with van der Waals surface area (Å²) in [6.45, 7) is 1.63. The van der Waals surface area contributed by atoms with Crippen LogP contribution in [0.15, 0.2) is 78.9 Å². The molecule has 5 rings (SSSR count). The minimum Gasteiger partial charge on any atom is -0.489 e. The second kappa shape index (κ2) is 9.10. The van der Waals surface area contributed by atoms with E-state index in [1.54, 1.807) is 6.07 Å². The van der Waals surface area contributed by atoms with E-state index in [-0.39, 0.29) is 11.9 Å². The fraction of sp³-hybridized carbons (Fsp3) is 0.286. The molecule has 0 bridgehead atoms. The Bertz CT molecular complexity index is 1160. The molecule has 1 spiro atoms. The maximum absolute atomic E-state index is 13.1. The second-order valence-corrected chi connectivity index (χ2v) is 8.77. The number of amides is 1. The normalized spacial score (nSPS) is 19.3. The first-order valence-corrected chi connectivity index (χ1v) is 11.5. The third-order valence-corrected chi connectivity index (χ3v) is 6.51. The van der Waals surface area contributed by atoms with E-state index in [1.165, 1.54) is 0 Å². The van der Waals surface area contributed by atoms with Crippen molar-refractivity contribution in [3.05, 3.63) is 101 Å². The fourth-order valence-electron chi connectivity index (χ4n) is 4.82. The SMILES string of the molecule is O=C1OC2(CCCN(C(=O)CCc3cccc(OCc4ccccc4)c3)C2)c2ccccc21. The van der Waals surface area contributed by atoms with E-state index < -0.39 is 5.60 Å². The average molecular weight is 442 g/mol. The molecule has 2 aliphatic rings. The molecule has 168 valence electrons. The summed E-state index contributed by atoms with van der Waals surface area (Å²) < 4.78 is 11.8. The first-order valence-electron chi connectivity index (χ1n) is 11.5. The van der Waals surface area contributed by atoms with Gasteiger partial charge in [-0.2, -0.15) is 0 Å². The summed E-state index contributed by atoms with van der Waals surface area (Å²) in [5.74, 6) is 0.604. The Morgan fingerprint density at radius 3 is 2.64 bits per heavy atom. The van der Waals surface area contributed by atoms with Gasteiger partial charge in [-0.3, -0.25) is 4.79 Å². The predicted octanol–water partition coefficient (Wildman–Crippen LogP) is 4.89. The largest absolute Gasteiger partial charge is 0.489 e. The van der Waals surface area contributed by atoms with Gasteiger partial charge in [0.05, 0.1) is 12.1 Å². The molecule has 5 nitrogen and oxygen atoms in total. The van der Waals surface area contributed by atoms with E-state index in [0.29, 0.717) is 38.1 Å². The summed E-state index contributed by atoms with van der Waals surface area (Å²) in [4.78, 5) is 27.3. The summed E-state index contributed by atoms with van der Waals surface area (Å²) in [5.41, 5.74) is 3.02. The summed E-state index contributed by atoms with van der Waals surface area (Å²) in [6, 6.07) is 25.5. The molecule has 0 aliphatic carbocycles. The average Bonchev–Trinajstić information content (AvgIpc) is 3.13. The molecule has 1 amide bonds. The number of hydrogen-bond donors (Lipinski definition) is 0. The lowest BCUT2D eigenvalue weighted by Crippen LogP contribution is -2.48. The van der Waals surface area contributed by atoms with Crippen LogP contribution >= 0.6 is 0 Å². The molecule has 2 aliphatic heterocycles. The van der Waals surface area contributed by atoms with Crippen LogP contribution in [0.4, 0.5) is 0 Å². The van der Waals surface area contributed by atoms with Crippen molar-refractivity contribution >= 4 is 11.9 Å². The van der Waals surface area contributed by atoms with Crippen LogP contribution in [-0.4, -0.2) is 29.9 Å². The van der Waals surface area contributed by atoms with E-state index in [0.717, 1.165) is 35.3 Å². The number of benzene rings is 3. The smallest absolute Gasteiger partial charge is 0.339 e. The zero-order valence-corrected chi connectivity index (χ0v) is 18.5. The summed E-state index contributed by atoms with van der Waals surface area (Å²) >= 11 is 0. The van der Waals surface area contributed by atoms with Crippen LogP contribution in [0.1, 0.15) is 46.3 Å². The molecule has 1 unspecified atom stereocenters. The van der Waals surface area contributed by atoms with Crippen LogP contribution in [0, 0.1) is 0 Å². The zero-order chi connectivity index (χ0) is 22.7. The highest BCUT2D eigenvalue weighted by Crippen LogP contribution is 2.42. The van der Waals surface area contributed by atoms with E-state index in [2.05, 4.69) is 0 Å². The maximum atomic E-state index is 13.1. The monoisotopic (exact) mass is 441 g/mol. The number of ether oxygens (including phenoxy) is 2. The minimum absolute atomic E-state index is 0.0881. The number of fused-ring (bicyclic) bond motifs is 2. The third kappa shape index (κ3) is 4.49. The van der Waals surface area contributed by atoms with Crippen LogP contribution in [0.2, 0.25) is 0 Å². The van der Waals surface area contributed by atoms with Crippen molar-refractivity contribution in [3.8, 4) is 5.75 Å².